The Morgan fingerprint density at radius 3 is 2.44 bits per heavy atom. The first-order valence-electron chi connectivity index (χ1n) is 12.4. The quantitative estimate of drug-likeness (QED) is 0.254. The van der Waals surface area contributed by atoms with Crippen molar-refractivity contribution in [3.8, 4) is 5.75 Å². The fourth-order valence-electron chi connectivity index (χ4n) is 4.70. The van der Waals surface area contributed by atoms with Gasteiger partial charge in [-0.05, 0) is 46.9 Å². The number of hydrogen-bond donors (Lipinski definition) is 2. The van der Waals surface area contributed by atoms with Crippen LogP contribution < -0.4 is 15.9 Å². The Kier molecular flexibility index (Phi) is 8.49. The van der Waals surface area contributed by atoms with Crippen LogP contribution in [0.5, 0.6) is 5.75 Å². The molecule has 8 heteroatoms. The third-order valence-electron chi connectivity index (χ3n) is 6.74. The maximum atomic E-state index is 13.4. The Morgan fingerprint density at radius 1 is 1.03 bits per heavy atom. The first-order chi connectivity index (χ1) is 17.5. The van der Waals surface area contributed by atoms with Gasteiger partial charge in [-0.15, -0.1) is 0 Å². The number of hydrogen-bond acceptors (Lipinski definition) is 5. The van der Waals surface area contributed by atoms with Crippen molar-refractivity contribution in [2.24, 2.45) is 16.2 Å². The highest BCUT2D eigenvalue weighted by Crippen LogP contribution is 2.24. The van der Waals surface area contributed by atoms with Crippen molar-refractivity contribution < 1.29 is 14.3 Å². The smallest absolute Gasteiger partial charge is 0.258 e. The fourth-order valence-corrected chi connectivity index (χ4v) is 4.70. The predicted molar refractivity (Wildman–Crippen MR) is 139 cm³/mol. The van der Waals surface area contributed by atoms with Crippen molar-refractivity contribution >= 4 is 22.6 Å². The van der Waals surface area contributed by atoms with Gasteiger partial charge in [-0.3, -0.25) is 9.59 Å². The number of carbonyl (C=O) groups is 2. The lowest BCUT2D eigenvalue weighted by Gasteiger charge is -2.29. The molecule has 2 amide bonds. The van der Waals surface area contributed by atoms with E-state index in [2.05, 4.69) is 15.7 Å². The number of ether oxygens (including phenoxy) is 1. The van der Waals surface area contributed by atoms with Crippen LogP contribution in [0.2, 0.25) is 0 Å². The van der Waals surface area contributed by atoms with E-state index in [9.17, 15) is 9.59 Å². The molecule has 1 aliphatic rings. The molecule has 0 radical (unpaired) electrons. The summed E-state index contributed by atoms with van der Waals surface area (Å²) in [5.41, 5.74) is 1.91. The molecule has 3 aromatic rings. The van der Waals surface area contributed by atoms with Crippen LogP contribution in [-0.2, 0) is 22.6 Å². The molecule has 36 heavy (non-hydrogen) atoms. The molecule has 0 aromatic heterocycles. The lowest BCUT2D eigenvalue weighted by molar-refractivity contribution is -0.137. The average molecular weight is 488 g/mol. The highest BCUT2D eigenvalue weighted by Gasteiger charge is 2.30. The zero-order chi connectivity index (χ0) is 25.3. The van der Waals surface area contributed by atoms with Crippen molar-refractivity contribution in [3.63, 3.8) is 0 Å². The molecule has 0 spiro atoms. The lowest BCUT2D eigenvalue weighted by atomic mass is 10.0. The number of nitrogens with two attached hydrogens (primary N) is 1. The van der Waals surface area contributed by atoms with E-state index in [1.54, 1.807) is 4.90 Å². The molecule has 1 saturated carbocycles. The zero-order valence-corrected chi connectivity index (χ0v) is 20.6. The molecule has 188 valence electrons. The summed E-state index contributed by atoms with van der Waals surface area (Å²) >= 11 is 0. The first kappa shape index (κ1) is 25.2. The first-order valence-corrected chi connectivity index (χ1v) is 12.4. The second-order valence-electron chi connectivity index (χ2n) is 9.24. The molecule has 0 heterocycles. The van der Waals surface area contributed by atoms with Crippen LogP contribution in [0.1, 0.15) is 36.8 Å². The van der Waals surface area contributed by atoms with Crippen LogP contribution in [-0.4, -0.2) is 42.5 Å². The van der Waals surface area contributed by atoms with E-state index >= 15 is 0 Å². The van der Waals surface area contributed by atoms with E-state index in [-0.39, 0.29) is 24.5 Å². The summed E-state index contributed by atoms with van der Waals surface area (Å²) in [6.45, 7) is 0.227. The number of nitrogens with one attached hydrogen (secondary N) is 1. The van der Waals surface area contributed by atoms with Crippen LogP contribution in [0.4, 0.5) is 0 Å². The Labute approximate surface area is 211 Å². The van der Waals surface area contributed by atoms with Crippen molar-refractivity contribution in [1.29, 1.82) is 0 Å². The van der Waals surface area contributed by atoms with E-state index in [1.807, 2.05) is 73.8 Å². The van der Waals surface area contributed by atoms with Gasteiger partial charge in [-0.25, -0.2) is 0 Å². The summed E-state index contributed by atoms with van der Waals surface area (Å²) in [6, 6.07) is 21.0. The number of nitrogens with zero attached hydrogens (tertiary/aromatic N) is 3. The van der Waals surface area contributed by atoms with Gasteiger partial charge in [-0.1, -0.05) is 72.7 Å². The number of likely N-dealkylation sites (N-methyl/N-ethyl adjacent to an activating group) is 1. The zero-order valence-electron chi connectivity index (χ0n) is 20.6. The second kappa shape index (κ2) is 12.2. The lowest BCUT2D eigenvalue weighted by Crippen LogP contribution is -2.51. The number of amides is 2. The SMILES string of the molecule is CN(C(=O)[C@H](Cc1ccc(CN=NN)cc1)NC(=O)COc1ccc2ccccc2c1)C1CCCC1. The van der Waals surface area contributed by atoms with Crippen LogP contribution in [0, 0.1) is 0 Å². The molecule has 4 rings (SSSR count). The molecule has 0 saturated heterocycles. The number of benzene rings is 3. The third kappa shape index (κ3) is 6.59. The van der Waals surface area contributed by atoms with Gasteiger partial charge in [0, 0.05) is 19.5 Å². The summed E-state index contributed by atoms with van der Waals surface area (Å²) in [6.07, 6.45) is 4.63. The van der Waals surface area contributed by atoms with Gasteiger partial charge >= 0.3 is 0 Å². The maximum Gasteiger partial charge on any atom is 0.258 e. The normalized spacial score (nSPS) is 14.7. The van der Waals surface area contributed by atoms with Crippen LogP contribution in [0.3, 0.4) is 0 Å². The van der Waals surface area contributed by atoms with Gasteiger partial charge in [-0.2, -0.15) is 5.11 Å². The summed E-state index contributed by atoms with van der Waals surface area (Å²) in [4.78, 5) is 28.1. The van der Waals surface area contributed by atoms with Gasteiger partial charge in [0.15, 0.2) is 6.61 Å². The highest BCUT2D eigenvalue weighted by molar-refractivity contribution is 5.89. The van der Waals surface area contributed by atoms with Crippen LogP contribution >= 0.6 is 0 Å². The third-order valence-corrected chi connectivity index (χ3v) is 6.74. The molecule has 1 fully saturated rings. The molecule has 8 nitrogen and oxygen atoms in total. The van der Waals surface area contributed by atoms with Crippen molar-refractivity contribution in [1.82, 2.24) is 10.2 Å². The van der Waals surface area contributed by atoms with Crippen LogP contribution in [0.15, 0.2) is 77.1 Å². The largest absolute Gasteiger partial charge is 0.484 e. The van der Waals surface area contributed by atoms with Crippen molar-refractivity contribution in [2.75, 3.05) is 13.7 Å². The molecule has 0 unspecified atom stereocenters. The van der Waals surface area contributed by atoms with Gasteiger partial charge in [0.2, 0.25) is 5.91 Å². The predicted octanol–water partition coefficient (Wildman–Crippen LogP) is 4.17. The van der Waals surface area contributed by atoms with Crippen molar-refractivity contribution in [3.05, 3.63) is 77.9 Å². The molecule has 0 bridgehead atoms. The summed E-state index contributed by atoms with van der Waals surface area (Å²) in [5, 5.41) is 12.1. The monoisotopic (exact) mass is 487 g/mol. The van der Waals surface area contributed by atoms with Gasteiger partial charge in [0.1, 0.15) is 11.8 Å². The molecular formula is C28H33N5O3. The number of fused-ring (bicyclic) bond motifs is 1. The van der Waals surface area contributed by atoms with Gasteiger partial charge in [0.25, 0.3) is 5.91 Å². The summed E-state index contributed by atoms with van der Waals surface area (Å²) < 4.78 is 5.75. The Balaban J connectivity index is 1.42. The molecule has 1 atom stereocenters. The van der Waals surface area contributed by atoms with Crippen LogP contribution in [0.25, 0.3) is 10.8 Å². The minimum atomic E-state index is -0.683. The van der Waals surface area contributed by atoms with Gasteiger partial charge < -0.3 is 20.8 Å². The Hall–Kier alpha value is -3.94. The minimum Gasteiger partial charge on any atom is -0.484 e. The number of rotatable bonds is 10. The molecule has 3 aromatic carbocycles. The summed E-state index contributed by atoms with van der Waals surface area (Å²) in [5.74, 6) is 5.28. The second-order valence-corrected chi connectivity index (χ2v) is 9.24. The minimum absolute atomic E-state index is 0.0815. The Bertz CT molecular complexity index is 1210. The maximum absolute atomic E-state index is 13.4. The number of carbonyl (C=O) groups excluding carboxylic acids is 2. The van der Waals surface area contributed by atoms with E-state index in [4.69, 9.17) is 10.6 Å². The average Bonchev–Trinajstić information content (AvgIpc) is 3.45. The molecule has 3 N–H and O–H groups in total. The highest BCUT2D eigenvalue weighted by atomic mass is 16.5. The standard InChI is InChI=1S/C28H33N5O3/c1-33(24-8-4-5-9-24)28(35)26(16-20-10-12-21(13-11-20)18-30-32-29)31-27(34)19-36-25-15-14-22-6-2-3-7-23(22)17-25/h2-3,6-7,10-15,17,24,26H,4-5,8-9,16,18-19H2,1H3,(H2,29,30)(H,31,34)/t26-/m0/s1. The fraction of sp³-hybridized carbons (Fsp3) is 0.357. The molecule has 0 aliphatic heterocycles. The summed E-state index contributed by atoms with van der Waals surface area (Å²) in [7, 11) is 1.84. The topological polar surface area (TPSA) is 109 Å². The van der Waals surface area contributed by atoms with E-state index in [1.165, 1.54) is 0 Å². The van der Waals surface area contributed by atoms with Gasteiger partial charge in [0.05, 0.1) is 6.54 Å². The van der Waals surface area contributed by atoms with E-state index in [0.717, 1.165) is 47.6 Å². The van der Waals surface area contributed by atoms with Crippen molar-refractivity contribution in [2.45, 2.75) is 50.7 Å². The molecular weight excluding hydrogens is 454 g/mol. The Morgan fingerprint density at radius 2 is 1.72 bits per heavy atom. The molecule has 1 aliphatic carbocycles. The van der Waals surface area contributed by atoms with E-state index < -0.39 is 6.04 Å². The van der Waals surface area contributed by atoms with E-state index in [0.29, 0.717) is 18.7 Å².